The van der Waals surface area contributed by atoms with Crippen molar-refractivity contribution in [2.24, 2.45) is 5.41 Å². The van der Waals surface area contributed by atoms with Crippen LogP contribution in [0.3, 0.4) is 0 Å². The van der Waals surface area contributed by atoms with E-state index in [0.717, 1.165) is 24.2 Å². The summed E-state index contributed by atoms with van der Waals surface area (Å²) >= 11 is 7.25. The second-order valence-electron chi connectivity index (χ2n) is 6.86. The molecule has 0 spiro atoms. The highest BCUT2D eigenvalue weighted by Crippen LogP contribution is 2.39. The molecule has 1 fully saturated rings. The number of benzene rings is 1. The molecule has 8 heteroatoms. The quantitative estimate of drug-likeness (QED) is 0.709. The van der Waals surface area contributed by atoms with Crippen molar-refractivity contribution in [3.05, 3.63) is 23.2 Å². The fourth-order valence-electron chi connectivity index (χ4n) is 3.46. The molecule has 26 heavy (non-hydrogen) atoms. The second-order valence-corrected chi connectivity index (χ2v) is 8.54. The Morgan fingerprint density at radius 1 is 1.31 bits per heavy atom. The number of carbonyl (C=O) groups is 3. The monoisotopic (exact) mass is 396 g/mol. The molecule has 2 aliphatic rings. The maximum Gasteiger partial charge on any atom is 0.311 e. The lowest BCUT2D eigenvalue weighted by atomic mass is 9.74. The van der Waals surface area contributed by atoms with Gasteiger partial charge in [0.1, 0.15) is 0 Å². The van der Waals surface area contributed by atoms with Crippen LogP contribution in [0.5, 0.6) is 0 Å². The Bertz CT molecular complexity index is 734. The van der Waals surface area contributed by atoms with Crippen LogP contribution < -0.4 is 10.6 Å². The molecule has 2 amide bonds. The zero-order valence-corrected chi connectivity index (χ0v) is 15.8. The molecule has 0 radical (unpaired) electrons. The topological polar surface area (TPSA) is 95.5 Å². The number of carboxylic acid groups (broad SMARTS) is 1. The van der Waals surface area contributed by atoms with Crippen LogP contribution in [-0.2, 0) is 14.4 Å². The van der Waals surface area contributed by atoms with Gasteiger partial charge in [-0.15, -0.1) is 11.8 Å². The Labute approximate surface area is 161 Å². The van der Waals surface area contributed by atoms with Gasteiger partial charge in [-0.3, -0.25) is 14.4 Å². The van der Waals surface area contributed by atoms with Crippen molar-refractivity contribution in [3.63, 3.8) is 0 Å². The third-order valence-corrected chi connectivity index (χ3v) is 6.53. The van der Waals surface area contributed by atoms with E-state index in [0.29, 0.717) is 23.6 Å². The molecule has 3 rings (SSSR count). The van der Waals surface area contributed by atoms with E-state index in [9.17, 15) is 19.5 Å². The first kappa shape index (κ1) is 19.0. The van der Waals surface area contributed by atoms with E-state index >= 15 is 0 Å². The zero-order valence-electron chi connectivity index (χ0n) is 14.2. The molecule has 3 N–H and O–H groups in total. The maximum atomic E-state index is 12.3. The summed E-state index contributed by atoms with van der Waals surface area (Å²) in [6.07, 6.45) is 3.93. The number of anilines is 1. The van der Waals surface area contributed by atoms with Crippen molar-refractivity contribution >= 4 is 46.8 Å². The molecule has 1 aliphatic carbocycles. The summed E-state index contributed by atoms with van der Waals surface area (Å²) < 4.78 is 0. The number of nitrogens with one attached hydrogen (secondary N) is 2. The number of fused-ring (bicyclic) bond motifs is 1. The van der Waals surface area contributed by atoms with Crippen molar-refractivity contribution in [2.45, 2.75) is 48.7 Å². The average Bonchev–Trinajstić information content (AvgIpc) is 2.61. The number of hydrogen-bond acceptors (Lipinski definition) is 4. The highest BCUT2D eigenvalue weighted by molar-refractivity contribution is 8.01. The summed E-state index contributed by atoms with van der Waals surface area (Å²) in [5.74, 6) is -1.40. The molecule has 0 saturated heterocycles. The maximum absolute atomic E-state index is 12.3. The van der Waals surface area contributed by atoms with Gasteiger partial charge in [-0.05, 0) is 31.0 Å². The largest absolute Gasteiger partial charge is 0.481 e. The fourth-order valence-corrected chi connectivity index (χ4v) is 4.72. The van der Waals surface area contributed by atoms with Crippen molar-refractivity contribution < 1.29 is 19.5 Å². The van der Waals surface area contributed by atoms with Crippen LogP contribution in [0.15, 0.2) is 23.1 Å². The molecule has 140 valence electrons. The van der Waals surface area contributed by atoms with Crippen LogP contribution in [0, 0.1) is 5.41 Å². The average molecular weight is 397 g/mol. The van der Waals surface area contributed by atoms with Gasteiger partial charge in [0.2, 0.25) is 11.8 Å². The molecule has 1 unspecified atom stereocenters. The molecule has 1 heterocycles. The minimum Gasteiger partial charge on any atom is -0.481 e. The number of aliphatic carboxylic acids is 1. The normalized spacial score (nSPS) is 21.4. The minimum atomic E-state index is -0.876. The summed E-state index contributed by atoms with van der Waals surface area (Å²) in [5.41, 5.74) is -0.227. The number of thioether (sulfide) groups is 1. The molecular weight excluding hydrogens is 376 g/mol. The summed E-state index contributed by atoms with van der Waals surface area (Å²) in [4.78, 5) is 37.1. The van der Waals surface area contributed by atoms with Gasteiger partial charge < -0.3 is 15.7 Å². The van der Waals surface area contributed by atoms with Crippen LogP contribution in [-0.4, -0.2) is 34.7 Å². The Kier molecular flexibility index (Phi) is 5.77. The standard InChI is InChI=1S/C18H21ClN2O4S/c19-11-4-5-13-12(8-11)21-16(23)14(26-13)9-15(22)20-10-18(17(24)25)6-2-1-3-7-18/h4-5,8,14H,1-3,6-7,9-10H2,(H,20,22)(H,21,23)(H,24,25). The molecular formula is C18H21ClN2O4S. The van der Waals surface area contributed by atoms with E-state index < -0.39 is 16.6 Å². The van der Waals surface area contributed by atoms with E-state index in [1.807, 2.05) is 6.07 Å². The second kappa shape index (κ2) is 7.88. The Balaban J connectivity index is 1.59. The molecule has 1 aromatic carbocycles. The molecule has 1 aromatic rings. The summed E-state index contributed by atoms with van der Waals surface area (Å²) in [6.45, 7) is 0.117. The van der Waals surface area contributed by atoms with Crippen LogP contribution in [0.4, 0.5) is 5.69 Å². The summed E-state index contributed by atoms with van der Waals surface area (Å²) in [7, 11) is 0. The lowest BCUT2D eigenvalue weighted by Crippen LogP contribution is -2.45. The van der Waals surface area contributed by atoms with Crippen LogP contribution >= 0.6 is 23.4 Å². The lowest BCUT2D eigenvalue weighted by molar-refractivity contribution is -0.151. The number of amides is 2. The number of rotatable bonds is 5. The number of hydrogen-bond donors (Lipinski definition) is 3. The van der Waals surface area contributed by atoms with E-state index in [1.54, 1.807) is 12.1 Å². The van der Waals surface area contributed by atoms with Gasteiger partial charge in [0, 0.05) is 22.9 Å². The van der Waals surface area contributed by atoms with E-state index in [2.05, 4.69) is 10.6 Å². The highest BCUT2D eigenvalue weighted by atomic mass is 35.5. The fraction of sp³-hybridized carbons (Fsp3) is 0.500. The highest BCUT2D eigenvalue weighted by Gasteiger charge is 2.40. The zero-order chi connectivity index (χ0) is 18.7. The molecule has 1 atom stereocenters. The molecule has 0 bridgehead atoms. The van der Waals surface area contributed by atoms with Gasteiger partial charge in [-0.1, -0.05) is 30.9 Å². The first-order valence-electron chi connectivity index (χ1n) is 8.67. The van der Waals surface area contributed by atoms with Gasteiger partial charge in [0.05, 0.1) is 16.4 Å². The number of carboxylic acids is 1. The van der Waals surface area contributed by atoms with Gasteiger partial charge >= 0.3 is 5.97 Å². The van der Waals surface area contributed by atoms with Crippen LogP contribution in [0.25, 0.3) is 0 Å². The SMILES string of the molecule is O=C(CC1Sc2ccc(Cl)cc2NC1=O)NCC1(C(=O)O)CCCCC1. The van der Waals surface area contributed by atoms with Gasteiger partial charge in [-0.2, -0.15) is 0 Å². The third-order valence-electron chi connectivity index (χ3n) is 5.02. The van der Waals surface area contributed by atoms with Crippen LogP contribution in [0.2, 0.25) is 5.02 Å². The number of halogens is 1. The number of carbonyl (C=O) groups excluding carboxylic acids is 2. The first-order chi connectivity index (χ1) is 12.4. The van der Waals surface area contributed by atoms with E-state index in [-0.39, 0.29) is 24.8 Å². The van der Waals surface area contributed by atoms with Gasteiger partial charge in [0.25, 0.3) is 0 Å². The Morgan fingerprint density at radius 2 is 2.04 bits per heavy atom. The third kappa shape index (κ3) is 4.15. The Morgan fingerprint density at radius 3 is 2.73 bits per heavy atom. The van der Waals surface area contributed by atoms with Gasteiger partial charge in [-0.25, -0.2) is 0 Å². The molecule has 0 aromatic heterocycles. The smallest absolute Gasteiger partial charge is 0.311 e. The Hall–Kier alpha value is -1.73. The molecule has 1 aliphatic heterocycles. The predicted molar refractivity (Wildman–Crippen MR) is 101 cm³/mol. The van der Waals surface area contributed by atoms with E-state index in [1.165, 1.54) is 11.8 Å². The minimum absolute atomic E-state index is 0.00820. The summed E-state index contributed by atoms with van der Waals surface area (Å²) in [5, 5.41) is 15.1. The van der Waals surface area contributed by atoms with Crippen molar-refractivity contribution in [3.8, 4) is 0 Å². The lowest BCUT2D eigenvalue weighted by Gasteiger charge is -2.33. The van der Waals surface area contributed by atoms with Crippen molar-refractivity contribution in [2.75, 3.05) is 11.9 Å². The van der Waals surface area contributed by atoms with Crippen molar-refractivity contribution in [1.29, 1.82) is 0 Å². The molecule has 1 saturated carbocycles. The van der Waals surface area contributed by atoms with Gasteiger partial charge in [0.15, 0.2) is 0 Å². The van der Waals surface area contributed by atoms with Crippen LogP contribution in [0.1, 0.15) is 38.5 Å². The van der Waals surface area contributed by atoms with Crippen molar-refractivity contribution in [1.82, 2.24) is 5.32 Å². The first-order valence-corrected chi connectivity index (χ1v) is 9.93. The van der Waals surface area contributed by atoms with E-state index in [4.69, 9.17) is 11.6 Å². The molecule has 6 nitrogen and oxygen atoms in total. The predicted octanol–water partition coefficient (Wildman–Crippen LogP) is 3.29. The summed E-state index contributed by atoms with van der Waals surface area (Å²) in [6, 6.07) is 5.23.